The van der Waals surface area contributed by atoms with E-state index in [0.29, 0.717) is 23.8 Å². The van der Waals surface area contributed by atoms with Crippen molar-refractivity contribution in [3.05, 3.63) is 35.9 Å². The zero-order valence-electron chi connectivity index (χ0n) is 18.5. The number of amides is 1. The molecule has 0 saturated heterocycles. The average Bonchev–Trinajstić information content (AvgIpc) is 2.77. The molecular weight excluding hydrogens is 356 g/mol. The highest BCUT2D eigenvalue weighted by Crippen LogP contribution is 2.59. The molecule has 29 heavy (non-hydrogen) atoms. The Morgan fingerprint density at radius 1 is 1.10 bits per heavy atom. The number of carbonyl (C=O) groups is 1. The van der Waals surface area contributed by atoms with E-state index in [2.05, 4.69) is 49.5 Å². The summed E-state index contributed by atoms with van der Waals surface area (Å²) in [6, 6.07) is 11.4. The van der Waals surface area contributed by atoms with E-state index in [-0.39, 0.29) is 10.8 Å². The van der Waals surface area contributed by atoms with Gasteiger partial charge in [-0.2, -0.15) is 0 Å². The van der Waals surface area contributed by atoms with Crippen molar-refractivity contribution < 1.29 is 4.79 Å². The molecule has 4 unspecified atom stereocenters. The molecule has 3 N–H and O–H groups in total. The van der Waals surface area contributed by atoms with E-state index < -0.39 is 0 Å². The van der Waals surface area contributed by atoms with Crippen LogP contribution in [0.2, 0.25) is 0 Å². The fourth-order valence-corrected chi connectivity index (χ4v) is 6.84. The summed E-state index contributed by atoms with van der Waals surface area (Å²) in [6.07, 6.45) is 11.3. The summed E-state index contributed by atoms with van der Waals surface area (Å²) in [6.45, 7) is 5.45. The van der Waals surface area contributed by atoms with Gasteiger partial charge in [0.15, 0.2) is 0 Å². The third kappa shape index (κ3) is 4.00. The average molecular weight is 397 g/mol. The van der Waals surface area contributed by atoms with Gasteiger partial charge in [-0.3, -0.25) is 4.79 Å². The van der Waals surface area contributed by atoms with Crippen LogP contribution in [0.15, 0.2) is 30.3 Å². The van der Waals surface area contributed by atoms with Crippen LogP contribution in [-0.2, 0) is 10.2 Å². The number of nitrogens with two attached hydrogens (primary N) is 1. The van der Waals surface area contributed by atoms with Crippen LogP contribution in [0.1, 0.15) is 83.6 Å². The van der Waals surface area contributed by atoms with Gasteiger partial charge in [-0.25, -0.2) is 0 Å². The summed E-state index contributed by atoms with van der Waals surface area (Å²) in [4.78, 5) is 13.7. The smallest absolute Gasteiger partial charge is 0.226 e. The number of fused-ring (bicyclic) bond motifs is 2. The Morgan fingerprint density at radius 3 is 2.48 bits per heavy atom. The number of carbonyl (C=O) groups excluding carboxylic acids is 1. The topological polar surface area (TPSA) is 55.1 Å². The fourth-order valence-electron chi connectivity index (χ4n) is 6.84. The van der Waals surface area contributed by atoms with Crippen LogP contribution in [0.3, 0.4) is 0 Å². The van der Waals surface area contributed by atoms with Crippen molar-refractivity contribution in [3.63, 3.8) is 0 Å². The van der Waals surface area contributed by atoms with Gasteiger partial charge in [0.2, 0.25) is 5.91 Å². The van der Waals surface area contributed by atoms with E-state index in [1.807, 2.05) is 0 Å². The maximum atomic E-state index is 13.7. The van der Waals surface area contributed by atoms with Gasteiger partial charge < -0.3 is 11.1 Å². The van der Waals surface area contributed by atoms with Gasteiger partial charge in [0.25, 0.3) is 0 Å². The normalized spacial score (nSPS) is 39.7. The predicted molar refractivity (Wildman–Crippen MR) is 120 cm³/mol. The van der Waals surface area contributed by atoms with Crippen molar-refractivity contribution >= 4 is 5.91 Å². The van der Waals surface area contributed by atoms with Gasteiger partial charge in [-0.15, -0.1) is 0 Å². The Kier molecular flexibility index (Phi) is 6.06. The van der Waals surface area contributed by atoms with Gasteiger partial charge in [-0.05, 0) is 99.5 Å². The lowest BCUT2D eigenvalue weighted by molar-refractivity contribution is -0.139. The number of hydrogen-bond acceptors (Lipinski definition) is 2. The number of rotatable bonds is 5. The van der Waals surface area contributed by atoms with Crippen molar-refractivity contribution in [1.29, 1.82) is 0 Å². The summed E-state index contributed by atoms with van der Waals surface area (Å²) >= 11 is 0. The Bertz CT molecular complexity index is 696. The molecule has 2 bridgehead atoms. The highest BCUT2D eigenvalue weighted by molar-refractivity contribution is 5.83. The molecule has 0 aliphatic heterocycles. The van der Waals surface area contributed by atoms with Crippen molar-refractivity contribution in [1.82, 2.24) is 5.32 Å². The molecule has 3 heteroatoms. The lowest BCUT2D eigenvalue weighted by Gasteiger charge is -2.55. The number of benzene rings is 1. The molecule has 1 aromatic carbocycles. The van der Waals surface area contributed by atoms with E-state index in [9.17, 15) is 4.79 Å². The quantitative estimate of drug-likeness (QED) is 0.720. The van der Waals surface area contributed by atoms with Crippen LogP contribution in [0.25, 0.3) is 0 Å². The van der Waals surface area contributed by atoms with Crippen LogP contribution in [-0.4, -0.2) is 18.5 Å². The second-order valence-electron chi connectivity index (χ2n) is 10.6. The Labute approximate surface area is 177 Å². The number of nitrogens with one attached hydrogen (secondary N) is 1. The zero-order chi connectivity index (χ0) is 20.5. The molecule has 0 aromatic heterocycles. The molecule has 1 amide bonds. The molecule has 3 aliphatic rings. The first-order chi connectivity index (χ1) is 14.0. The molecule has 0 spiro atoms. The van der Waals surface area contributed by atoms with Crippen LogP contribution in [0.5, 0.6) is 0 Å². The summed E-state index contributed by atoms with van der Waals surface area (Å²) in [5.74, 6) is 2.39. The summed E-state index contributed by atoms with van der Waals surface area (Å²) in [5, 5.41) is 3.52. The summed E-state index contributed by atoms with van der Waals surface area (Å²) in [5.41, 5.74) is 7.29. The standard InChI is InChI=1S/C26H40N2O/c1-3-25(24(29)28-23-11-9-20(17-27)10-12-23)15-21-16-26(18-25,14-13-19(21)2)22-7-5-4-6-8-22/h4-8,19-21,23H,3,9-18,27H2,1-2H3,(H,28,29). The molecule has 1 aromatic rings. The molecule has 0 heterocycles. The molecule has 4 rings (SSSR count). The van der Waals surface area contributed by atoms with E-state index in [1.54, 1.807) is 0 Å². The van der Waals surface area contributed by atoms with Gasteiger partial charge in [0.1, 0.15) is 0 Å². The largest absolute Gasteiger partial charge is 0.353 e. The first kappa shape index (κ1) is 20.9. The lowest BCUT2D eigenvalue weighted by Crippen LogP contribution is -2.55. The molecule has 160 valence electrons. The summed E-state index contributed by atoms with van der Waals surface area (Å²) < 4.78 is 0. The Hall–Kier alpha value is -1.35. The van der Waals surface area contributed by atoms with E-state index in [4.69, 9.17) is 5.73 Å². The second-order valence-corrected chi connectivity index (χ2v) is 10.6. The lowest BCUT2D eigenvalue weighted by atomic mass is 9.49. The maximum Gasteiger partial charge on any atom is 0.226 e. The monoisotopic (exact) mass is 396 g/mol. The molecule has 0 radical (unpaired) electrons. The first-order valence-electron chi connectivity index (χ1n) is 12.1. The maximum absolute atomic E-state index is 13.7. The van der Waals surface area contributed by atoms with Crippen LogP contribution in [0.4, 0.5) is 0 Å². The van der Waals surface area contributed by atoms with Gasteiger partial charge in [0, 0.05) is 6.04 Å². The highest BCUT2D eigenvalue weighted by Gasteiger charge is 2.54. The summed E-state index contributed by atoms with van der Waals surface area (Å²) in [7, 11) is 0. The zero-order valence-corrected chi connectivity index (χ0v) is 18.5. The SMILES string of the molecule is CCC1(C(=O)NC2CCC(CN)CC2)CC2CC(c3ccccc3)(CCC2C)C1. The van der Waals surface area contributed by atoms with Crippen molar-refractivity contribution in [2.45, 2.75) is 89.5 Å². The minimum atomic E-state index is -0.210. The fraction of sp³-hybridized carbons (Fsp3) is 0.731. The Morgan fingerprint density at radius 2 is 1.83 bits per heavy atom. The van der Waals surface area contributed by atoms with Crippen molar-refractivity contribution in [2.24, 2.45) is 28.9 Å². The van der Waals surface area contributed by atoms with Gasteiger partial charge in [-0.1, -0.05) is 44.2 Å². The van der Waals surface area contributed by atoms with Crippen molar-refractivity contribution in [3.8, 4) is 0 Å². The van der Waals surface area contributed by atoms with Crippen molar-refractivity contribution in [2.75, 3.05) is 6.54 Å². The van der Waals surface area contributed by atoms with Crippen LogP contribution < -0.4 is 11.1 Å². The molecule has 3 fully saturated rings. The highest BCUT2D eigenvalue weighted by atomic mass is 16.2. The molecule has 3 aliphatic carbocycles. The minimum absolute atomic E-state index is 0.182. The van der Waals surface area contributed by atoms with E-state index in [0.717, 1.165) is 57.4 Å². The predicted octanol–water partition coefficient (Wildman–Crippen LogP) is 5.18. The van der Waals surface area contributed by atoms with Crippen LogP contribution in [0, 0.1) is 23.2 Å². The molecule has 4 atom stereocenters. The van der Waals surface area contributed by atoms with E-state index >= 15 is 0 Å². The molecule has 3 nitrogen and oxygen atoms in total. The second kappa shape index (κ2) is 8.41. The van der Waals surface area contributed by atoms with Gasteiger partial charge >= 0.3 is 0 Å². The first-order valence-corrected chi connectivity index (χ1v) is 12.1. The third-order valence-electron chi connectivity index (χ3n) is 8.93. The minimum Gasteiger partial charge on any atom is -0.353 e. The van der Waals surface area contributed by atoms with E-state index in [1.165, 1.54) is 24.8 Å². The van der Waals surface area contributed by atoms with Gasteiger partial charge in [0.05, 0.1) is 5.41 Å². The molecule has 3 saturated carbocycles. The Balaban J connectivity index is 1.56. The molecular formula is C26H40N2O. The van der Waals surface area contributed by atoms with Crippen LogP contribution >= 0.6 is 0 Å². The number of hydrogen-bond donors (Lipinski definition) is 2. The third-order valence-corrected chi connectivity index (χ3v) is 8.93.